The van der Waals surface area contributed by atoms with Crippen LogP contribution in [-0.4, -0.2) is 36.7 Å². The second kappa shape index (κ2) is 7.11. The lowest BCUT2D eigenvalue weighted by molar-refractivity contribution is -0.143. The Morgan fingerprint density at radius 1 is 1.41 bits per heavy atom. The normalized spacial score (nSPS) is 16.8. The van der Waals surface area contributed by atoms with E-state index in [0.717, 1.165) is 18.4 Å². The molecule has 1 aromatic carbocycles. The maximum absolute atomic E-state index is 12.5. The van der Waals surface area contributed by atoms with Crippen molar-refractivity contribution in [1.82, 2.24) is 5.32 Å². The number of hydrogen-bond donors (Lipinski definition) is 2. The van der Waals surface area contributed by atoms with Gasteiger partial charge in [-0.25, -0.2) is 4.79 Å². The maximum atomic E-state index is 12.5. The molecule has 0 spiro atoms. The number of benzene rings is 1. The summed E-state index contributed by atoms with van der Waals surface area (Å²) in [5, 5.41) is 12.4. The van der Waals surface area contributed by atoms with E-state index in [1.807, 2.05) is 18.2 Å². The fourth-order valence-corrected chi connectivity index (χ4v) is 2.65. The molecular weight excluding hydrogens is 306 g/mol. The van der Waals surface area contributed by atoms with Gasteiger partial charge in [0.25, 0.3) is 0 Å². The van der Waals surface area contributed by atoms with E-state index in [9.17, 15) is 14.7 Å². The molecule has 2 N–H and O–H groups in total. The molecule has 1 fully saturated rings. The van der Waals surface area contributed by atoms with Crippen molar-refractivity contribution in [3.8, 4) is 0 Å². The number of amides is 1. The van der Waals surface area contributed by atoms with E-state index in [-0.39, 0.29) is 18.9 Å². The highest BCUT2D eigenvalue weighted by atomic mass is 35.5. The summed E-state index contributed by atoms with van der Waals surface area (Å²) in [6.45, 7) is 0.286. The zero-order chi connectivity index (χ0) is 16.2. The molecule has 1 saturated carbocycles. The summed E-state index contributed by atoms with van der Waals surface area (Å²) in [5.74, 6) is -1.25. The van der Waals surface area contributed by atoms with Crippen molar-refractivity contribution in [2.24, 2.45) is 5.41 Å². The maximum Gasteiger partial charge on any atom is 0.326 e. The van der Waals surface area contributed by atoms with Gasteiger partial charge in [-0.2, -0.15) is 0 Å². The molecule has 0 radical (unpaired) electrons. The average molecular weight is 326 g/mol. The molecule has 0 aromatic heterocycles. The van der Waals surface area contributed by atoms with Gasteiger partial charge in [-0.05, 0) is 30.9 Å². The second-order valence-electron chi connectivity index (χ2n) is 5.69. The molecule has 120 valence electrons. The molecule has 1 amide bonds. The third kappa shape index (κ3) is 3.99. The molecule has 1 unspecified atom stereocenters. The summed E-state index contributed by atoms with van der Waals surface area (Å²) in [6, 6.07) is 6.50. The van der Waals surface area contributed by atoms with Gasteiger partial charge < -0.3 is 15.2 Å². The van der Waals surface area contributed by atoms with Gasteiger partial charge in [-0.1, -0.05) is 29.8 Å². The first kappa shape index (κ1) is 16.8. The Morgan fingerprint density at radius 2 is 2.09 bits per heavy atom. The topological polar surface area (TPSA) is 75.6 Å². The molecule has 0 saturated heterocycles. The molecule has 2 rings (SSSR count). The Hall–Kier alpha value is -1.59. The van der Waals surface area contributed by atoms with E-state index in [1.54, 1.807) is 6.07 Å². The first-order valence-electron chi connectivity index (χ1n) is 7.24. The fourth-order valence-electron chi connectivity index (χ4n) is 2.45. The van der Waals surface area contributed by atoms with Crippen LogP contribution in [0.15, 0.2) is 24.3 Å². The number of nitrogens with one attached hydrogen (secondary N) is 1. The summed E-state index contributed by atoms with van der Waals surface area (Å²) < 4.78 is 4.88. The van der Waals surface area contributed by atoms with Gasteiger partial charge in [0.2, 0.25) is 5.91 Å². The van der Waals surface area contributed by atoms with Gasteiger partial charge in [0.05, 0.1) is 5.41 Å². The smallest absolute Gasteiger partial charge is 0.326 e. The molecule has 0 heterocycles. The summed E-state index contributed by atoms with van der Waals surface area (Å²) >= 11 is 6.15. The number of carboxylic acids is 1. The summed E-state index contributed by atoms with van der Waals surface area (Å²) in [7, 11) is 1.50. The molecule has 0 bridgehead atoms. The second-order valence-corrected chi connectivity index (χ2v) is 6.10. The van der Waals surface area contributed by atoms with Gasteiger partial charge in [-0.3, -0.25) is 4.79 Å². The Bertz CT molecular complexity index is 557. The Labute approximate surface area is 134 Å². The number of aliphatic carboxylic acids is 1. The first-order valence-corrected chi connectivity index (χ1v) is 7.62. The molecule has 1 aromatic rings. The van der Waals surface area contributed by atoms with Gasteiger partial charge in [0.15, 0.2) is 0 Å². The number of carboxylic acid groups (broad SMARTS) is 1. The monoisotopic (exact) mass is 325 g/mol. The van der Waals surface area contributed by atoms with Crippen LogP contribution in [0.1, 0.15) is 24.8 Å². The number of carbonyl (C=O) groups excluding carboxylic acids is 1. The molecule has 5 nitrogen and oxygen atoms in total. The molecular formula is C16H20ClNO4. The number of halogens is 1. The SMILES string of the molecule is COCCC(NC(=O)C1(Cc2ccccc2Cl)CC1)C(=O)O. The number of ether oxygens (including phenoxy) is 1. The van der Waals surface area contributed by atoms with Crippen LogP contribution in [0.5, 0.6) is 0 Å². The first-order chi connectivity index (χ1) is 10.5. The van der Waals surface area contributed by atoms with Gasteiger partial charge in [0.1, 0.15) is 6.04 Å². The Balaban J connectivity index is 2.02. The lowest BCUT2D eigenvalue weighted by Crippen LogP contribution is -2.45. The highest BCUT2D eigenvalue weighted by Gasteiger charge is 2.50. The predicted octanol–water partition coefficient (Wildman–Crippen LogP) is 2.27. The summed E-state index contributed by atoms with van der Waals surface area (Å²) in [5.41, 5.74) is 0.395. The van der Waals surface area contributed by atoms with E-state index < -0.39 is 17.4 Å². The third-order valence-corrected chi connectivity index (χ3v) is 4.40. The predicted molar refractivity (Wildman–Crippen MR) is 82.9 cm³/mol. The number of methoxy groups -OCH3 is 1. The number of carbonyl (C=O) groups is 2. The Morgan fingerprint density at radius 3 is 2.64 bits per heavy atom. The van der Waals surface area contributed by atoms with Crippen LogP contribution in [0, 0.1) is 5.41 Å². The van der Waals surface area contributed by atoms with Crippen LogP contribution in [0.2, 0.25) is 5.02 Å². The van der Waals surface area contributed by atoms with E-state index in [1.165, 1.54) is 7.11 Å². The van der Waals surface area contributed by atoms with Crippen molar-refractivity contribution in [2.45, 2.75) is 31.7 Å². The van der Waals surface area contributed by atoms with Crippen molar-refractivity contribution in [2.75, 3.05) is 13.7 Å². The van der Waals surface area contributed by atoms with Crippen LogP contribution < -0.4 is 5.32 Å². The number of rotatable bonds is 8. The van der Waals surface area contributed by atoms with Crippen LogP contribution in [0.25, 0.3) is 0 Å². The Kier molecular flexibility index (Phi) is 5.42. The van der Waals surface area contributed by atoms with Gasteiger partial charge in [0, 0.05) is 25.2 Å². The fraction of sp³-hybridized carbons (Fsp3) is 0.500. The van der Waals surface area contributed by atoms with Crippen LogP contribution in [0.3, 0.4) is 0 Å². The minimum Gasteiger partial charge on any atom is -0.480 e. The van der Waals surface area contributed by atoms with Crippen molar-refractivity contribution < 1.29 is 19.4 Å². The third-order valence-electron chi connectivity index (χ3n) is 4.04. The lowest BCUT2D eigenvalue weighted by atomic mass is 9.95. The van der Waals surface area contributed by atoms with Gasteiger partial charge >= 0.3 is 5.97 Å². The molecule has 22 heavy (non-hydrogen) atoms. The lowest BCUT2D eigenvalue weighted by Gasteiger charge is -2.20. The molecule has 6 heteroatoms. The van der Waals surface area contributed by atoms with Crippen molar-refractivity contribution in [1.29, 1.82) is 0 Å². The van der Waals surface area contributed by atoms with E-state index in [4.69, 9.17) is 16.3 Å². The minimum atomic E-state index is -1.04. The quantitative estimate of drug-likeness (QED) is 0.768. The largest absolute Gasteiger partial charge is 0.480 e. The number of hydrogen-bond acceptors (Lipinski definition) is 3. The van der Waals surface area contributed by atoms with Crippen molar-refractivity contribution in [3.63, 3.8) is 0 Å². The van der Waals surface area contributed by atoms with E-state index in [0.29, 0.717) is 11.4 Å². The average Bonchev–Trinajstić information content (AvgIpc) is 3.26. The van der Waals surface area contributed by atoms with Crippen molar-refractivity contribution in [3.05, 3.63) is 34.9 Å². The molecule has 1 aliphatic rings. The van der Waals surface area contributed by atoms with E-state index >= 15 is 0 Å². The molecule has 0 aliphatic heterocycles. The molecule has 1 atom stereocenters. The van der Waals surface area contributed by atoms with Crippen LogP contribution in [0.4, 0.5) is 0 Å². The highest BCUT2D eigenvalue weighted by Crippen LogP contribution is 2.49. The standard InChI is InChI=1S/C16H20ClNO4/c1-22-9-6-13(14(19)20)18-15(21)16(7-8-16)10-11-4-2-3-5-12(11)17/h2-5,13H,6-10H2,1H3,(H,18,21)(H,19,20). The summed E-state index contributed by atoms with van der Waals surface area (Å²) in [6.07, 6.45) is 2.29. The zero-order valence-corrected chi connectivity index (χ0v) is 13.2. The van der Waals surface area contributed by atoms with E-state index in [2.05, 4.69) is 5.32 Å². The summed E-state index contributed by atoms with van der Waals surface area (Å²) in [4.78, 5) is 23.7. The van der Waals surface area contributed by atoms with Crippen LogP contribution in [-0.2, 0) is 20.7 Å². The van der Waals surface area contributed by atoms with Crippen LogP contribution >= 0.6 is 11.6 Å². The highest BCUT2D eigenvalue weighted by molar-refractivity contribution is 6.31. The minimum absolute atomic E-state index is 0.212. The zero-order valence-electron chi connectivity index (χ0n) is 12.5. The molecule has 1 aliphatic carbocycles. The van der Waals surface area contributed by atoms with Crippen molar-refractivity contribution >= 4 is 23.5 Å². The van der Waals surface area contributed by atoms with Gasteiger partial charge in [-0.15, -0.1) is 0 Å².